The molecule has 1 aliphatic rings. The molecule has 0 aromatic heterocycles. The van der Waals surface area contributed by atoms with Crippen LogP contribution < -0.4 is 15.8 Å². The average Bonchev–Trinajstić information content (AvgIpc) is 2.88. The second-order valence-corrected chi connectivity index (χ2v) is 6.97. The Morgan fingerprint density at radius 3 is 2.80 bits per heavy atom. The summed E-state index contributed by atoms with van der Waals surface area (Å²) in [7, 11) is -2.11. The van der Waals surface area contributed by atoms with Crippen molar-refractivity contribution in [3.8, 4) is 0 Å². The van der Waals surface area contributed by atoms with Crippen LogP contribution in [0.2, 0.25) is 0 Å². The minimum absolute atomic E-state index is 0.131. The predicted molar refractivity (Wildman–Crippen MR) is 78.9 cm³/mol. The molecule has 1 aromatic carbocycles. The van der Waals surface area contributed by atoms with Gasteiger partial charge >= 0.3 is 0 Å². The molecule has 1 saturated carbocycles. The summed E-state index contributed by atoms with van der Waals surface area (Å²) in [6.45, 7) is 0.131. The summed E-state index contributed by atoms with van der Waals surface area (Å²) in [6, 6.07) is 4.73. The standard InChI is InChI=1S/C13H21N3O3S/c1-15-20(18,19)10-5-6-11(14)13(7-10)16-12-4-2-3-9(12)8-17/h5-7,9,12,15-17H,2-4,8,14H2,1H3. The number of nitrogen functional groups attached to an aromatic ring is 1. The molecule has 6 nitrogen and oxygen atoms in total. The molecule has 0 saturated heterocycles. The lowest BCUT2D eigenvalue weighted by Gasteiger charge is -2.21. The van der Waals surface area contributed by atoms with Crippen LogP contribution in [0, 0.1) is 5.92 Å². The van der Waals surface area contributed by atoms with Crippen LogP contribution >= 0.6 is 0 Å². The Labute approximate surface area is 119 Å². The summed E-state index contributed by atoms with van der Waals surface area (Å²) in [5.41, 5.74) is 7.01. The number of nitrogens with two attached hydrogens (primary N) is 1. The number of aliphatic hydroxyl groups excluding tert-OH is 1. The third kappa shape index (κ3) is 3.05. The van der Waals surface area contributed by atoms with Crippen LogP contribution in [0.1, 0.15) is 19.3 Å². The smallest absolute Gasteiger partial charge is 0.240 e. The number of nitrogens with one attached hydrogen (secondary N) is 2. The van der Waals surface area contributed by atoms with Crippen LogP contribution in [0.5, 0.6) is 0 Å². The van der Waals surface area contributed by atoms with E-state index in [1.54, 1.807) is 6.07 Å². The lowest BCUT2D eigenvalue weighted by Crippen LogP contribution is -2.27. The van der Waals surface area contributed by atoms with Crippen molar-refractivity contribution in [1.29, 1.82) is 0 Å². The number of anilines is 2. The maximum absolute atomic E-state index is 11.8. The van der Waals surface area contributed by atoms with Gasteiger partial charge in [-0.1, -0.05) is 6.42 Å². The van der Waals surface area contributed by atoms with E-state index in [4.69, 9.17) is 5.73 Å². The van der Waals surface area contributed by atoms with Crippen LogP contribution in [-0.2, 0) is 10.0 Å². The highest BCUT2D eigenvalue weighted by molar-refractivity contribution is 7.89. The van der Waals surface area contributed by atoms with Crippen molar-refractivity contribution in [1.82, 2.24) is 4.72 Å². The second-order valence-electron chi connectivity index (χ2n) is 5.08. The molecule has 7 heteroatoms. The van der Waals surface area contributed by atoms with Crippen LogP contribution in [0.25, 0.3) is 0 Å². The Bertz CT molecular complexity index is 574. The third-order valence-electron chi connectivity index (χ3n) is 3.84. The van der Waals surface area contributed by atoms with E-state index in [9.17, 15) is 13.5 Å². The largest absolute Gasteiger partial charge is 0.397 e. The number of benzene rings is 1. The highest BCUT2D eigenvalue weighted by Gasteiger charge is 2.27. The van der Waals surface area contributed by atoms with Crippen molar-refractivity contribution in [3.05, 3.63) is 18.2 Å². The van der Waals surface area contributed by atoms with Gasteiger partial charge in [-0.25, -0.2) is 13.1 Å². The molecule has 20 heavy (non-hydrogen) atoms. The Hall–Kier alpha value is -1.31. The second kappa shape index (κ2) is 5.99. The molecule has 5 N–H and O–H groups in total. The van der Waals surface area contributed by atoms with Gasteiger partial charge in [-0.2, -0.15) is 0 Å². The highest BCUT2D eigenvalue weighted by Crippen LogP contribution is 2.31. The molecule has 0 radical (unpaired) electrons. The summed E-state index contributed by atoms with van der Waals surface area (Å²) in [5, 5.41) is 12.6. The van der Waals surface area contributed by atoms with Crippen molar-refractivity contribution in [2.75, 3.05) is 24.7 Å². The van der Waals surface area contributed by atoms with E-state index in [2.05, 4.69) is 10.0 Å². The Morgan fingerprint density at radius 1 is 1.40 bits per heavy atom. The summed E-state index contributed by atoms with van der Waals surface area (Å²) in [6.07, 6.45) is 2.98. The maximum Gasteiger partial charge on any atom is 0.240 e. The van der Waals surface area contributed by atoms with Gasteiger partial charge in [0.1, 0.15) is 0 Å². The summed E-state index contributed by atoms with van der Waals surface area (Å²) >= 11 is 0. The first-order valence-electron chi connectivity index (χ1n) is 6.68. The molecular weight excluding hydrogens is 278 g/mol. The quantitative estimate of drug-likeness (QED) is 0.601. The van der Waals surface area contributed by atoms with E-state index in [0.717, 1.165) is 19.3 Å². The van der Waals surface area contributed by atoms with Gasteiger partial charge in [-0.05, 0) is 38.1 Å². The van der Waals surface area contributed by atoms with Crippen LogP contribution in [-0.4, -0.2) is 33.2 Å². The van der Waals surface area contributed by atoms with E-state index >= 15 is 0 Å². The van der Waals surface area contributed by atoms with Gasteiger partial charge in [0.15, 0.2) is 0 Å². The summed E-state index contributed by atoms with van der Waals surface area (Å²) < 4.78 is 25.9. The van der Waals surface area contributed by atoms with Gasteiger partial charge in [0.05, 0.1) is 16.3 Å². The molecule has 0 amide bonds. The molecule has 2 unspecified atom stereocenters. The zero-order valence-electron chi connectivity index (χ0n) is 11.5. The van der Waals surface area contributed by atoms with Crippen molar-refractivity contribution in [3.63, 3.8) is 0 Å². The van der Waals surface area contributed by atoms with E-state index in [0.29, 0.717) is 11.4 Å². The topological polar surface area (TPSA) is 104 Å². The van der Waals surface area contributed by atoms with Gasteiger partial charge in [-0.15, -0.1) is 0 Å². The fourth-order valence-corrected chi connectivity index (χ4v) is 3.35. The molecule has 2 atom stereocenters. The molecule has 2 rings (SSSR count). The van der Waals surface area contributed by atoms with Gasteiger partial charge < -0.3 is 16.2 Å². The molecule has 1 aliphatic carbocycles. The third-order valence-corrected chi connectivity index (χ3v) is 5.25. The lowest BCUT2D eigenvalue weighted by atomic mass is 10.0. The highest BCUT2D eigenvalue weighted by atomic mass is 32.2. The molecule has 112 valence electrons. The van der Waals surface area contributed by atoms with Crippen molar-refractivity contribution >= 4 is 21.4 Å². The first-order valence-corrected chi connectivity index (χ1v) is 8.16. The number of hydrogen-bond acceptors (Lipinski definition) is 5. The fraction of sp³-hybridized carbons (Fsp3) is 0.538. The van der Waals surface area contributed by atoms with E-state index in [1.807, 2.05) is 0 Å². The van der Waals surface area contributed by atoms with Crippen molar-refractivity contribution < 1.29 is 13.5 Å². The van der Waals surface area contributed by atoms with Crippen molar-refractivity contribution in [2.24, 2.45) is 5.92 Å². The van der Waals surface area contributed by atoms with Gasteiger partial charge in [0.2, 0.25) is 10.0 Å². The SMILES string of the molecule is CNS(=O)(=O)c1ccc(N)c(NC2CCCC2CO)c1. The Balaban J connectivity index is 2.25. The molecule has 0 spiro atoms. The number of hydrogen-bond donors (Lipinski definition) is 4. The first-order chi connectivity index (χ1) is 9.47. The molecular formula is C13H21N3O3S. The first kappa shape index (κ1) is 15.1. The molecule has 1 fully saturated rings. The van der Waals surface area contributed by atoms with Gasteiger partial charge in [0, 0.05) is 18.6 Å². The van der Waals surface area contributed by atoms with Gasteiger partial charge in [0.25, 0.3) is 0 Å². The minimum atomic E-state index is -3.49. The maximum atomic E-state index is 11.8. The monoisotopic (exact) mass is 299 g/mol. The van der Waals surface area contributed by atoms with Crippen LogP contribution in [0.4, 0.5) is 11.4 Å². The molecule has 0 aliphatic heterocycles. The number of rotatable bonds is 5. The van der Waals surface area contributed by atoms with Crippen LogP contribution in [0.3, 0.4) is 0 Å². The van der Waals surface area contributed by atoms with Crippen LogP contribution in [0.15, 0.2) is 23.1 Å². The average molecular weight is 299 g/mol. The number of sulfonamides is 1. The van der Waals surface area contributed by atoms with Crippen molar-refractivity contribution in [2.45, 2.75) is 30.2 Å². The lowest BCUT2D eigenvalue weighted by molar-refractivity contribution is 0.222. The van der Waals surface area contributed by atoms with Gasteiger partial charge in [-0.3, -0.25) is 0 Å². The fourth-order valence-electron chi connectivity index (χ4n) is 2.59. The summed E-state index contributed by atoms with van der Waals surface area (Å²) in [4.78, 5) is 0.176. The zero-order chi connectivity index (χ0) is 14.8. The van der Waals surface area contributed by atoms with E-state index < -0.39 is 10.0 Å². The Kier molecular flexibility index (Phi) is 4.52. The summed E-state index contributed by atoms with van der Waals surface area (Å²) in [5.74, 6) is 0.193. The normalized spacial score (nSPS) is 22.9. The van der Waals surface area contributed by atoms with E-state index in [1.165, 1.54) is 19.2 Å². The molecule has 0 heterocycles. The number of aliphatic hydroxyl groups is 1. The molecule has 1 aromatic rings. The van der Waals surface area contributed by atoms with E-state index in [-0.39, 0.29) is 23.5 Å². The Morgan fingerprint density at radius 2 is 2.15 bits per heavy atom. The predicted octanol–water partition coefficient (Wildman–Crippen LogP) is 0.750. The zero-order valence-corrected chi connectivity index (χ0v) is 12.3. The molecule has 0 bridgehead atoms. The minimum Gasteiger partial charge on any atom is -0.397 e.